The zero-order chi connectivity index (χ0) is 24.1. The summed E-state index contributed by atoms with van der Waals surface area (Å²) in [6, 6.07) is 20.0. The number of fused-ring (bicyclic) bond motifs is 1. The maximum absolute atomic E-state index is 12.9. The van der Waals surface area contributed by atoms with Crippen LogP contribution >= 0.6 is 0 Å². The van der Waals surface area contributed by atoms with Crippen LogP contribution in [0.4, 0.5) is 0 Å². The van der Waals surface area contributed by atoms with Crippen LogP contribution in [0.25, 0.3) is 11.0 Å². The lowest BCUT2D eigenvalue weighted by Crippen LogP contribution is -2.28. The number of carbonyl (C=O) groups is 1. The van der Waals surface area contributed by atoms with E-state index in [1.54, 1.807) is 18.2 Å². The Kier molecular flexibility index (Phi) is 6.97. The normalized spacial score (nSPS) is 11.7. The summed E-state index contributed by atoms with van der Waals surface area (Å²) in [5.74, 6) is 0.623. The fraction of sp³-hybridized carbons (Fsp3) is 0.214. The topological polar surface area (TPSA) is 75.0 Å². The molecule has 0 saturated carbocycles. The quantitative estimate of drug-likeness (QED) is 0.297. The monoisotopic (exact) mass is 458 g/mol. The highest BCUT2D eigenvalue weighted by Crippen LogP contribution is 2.26. The first-order chi connectivity index (χ1) is 16.4. The molecule has 0 fully saturated rings. The molecule has 0 radical (unpaired) electrons. The van der Waals surface area contributed by atoms with Crippen LogP contribution in [0.5, 0.6) is 17.2 Å². The van der Waals surface area contributed by atoms with Gasteiger partial charge in [0.15, 0.2) is 6.10 Å². The van der Waals surface area contributed by atoms with E-state index >= 15 is 0 Å². The molecule has 0 unspecified atom stereocenters. The molecule has 0 aliphatic heterocycles. The molecule has 4 aromatic rings. The van der Waals surface area contributed by atoms with Crippen molar-refractivity contribution in [1.29, 1.82) is 0 Å². The number of carbonyl (C=O) groups excluding carboxylic acids is 1. The lowest BCUT2D eigenvalue weighted by molar-refractivity contribution is -0.153. The van der Waals surface area contributed by atoms with E-state index in [9.17, 15) is 9.59 Å². The van der Waals surface area contributed by atoms with E-state index in [4.69, 9.17) is 18.6 Å². The molecule has 0 amide bonds. The third kappa shape index (κ3) is 5.46. The first-order valence-corrected chi connectivity index (χ1v) is 11.1. The summed E-state index contributed by atoms with van der Waals surface area (Å²) in [5.41, 5.74) is 3.02. The van der Waals surface area contributed by atoms with Crippen molar-refractivity contribution < 1.29 is 23.4 Å². The van der Waals surface area contributed by atoms with Crippen molar-refractivity contribution in [2.45, 2.75) is 39.9 Å². The first-order valence-electron chi connectivity index (χ1n) is 11.1. The van der Waals surface area contributed by atoms with Gasteiger partial charge in [0.25, 0.3) is 0 Å². The second-order valence-electron chi connectivity index (χ2n) is 8.12. The third-order valence-electron chi connectivity index (χ3n) is 5.27. The number of hydrogen-bond donors (Lipinski definition) is 0. The molecule has 3 aromatic carbocycles. The Bertz CT molecular complexity index is 1340. The predicted molar refractivity (Wildman–Crippen MR) is 129 cm³/mol. The van der Waals surface area contributed by atoms with Crippen molar-refractivity contribution in [3.63, 3.8) is 0 Å². The highest BCUT2D eigenvalue weighted by Gasteiger charge is 2.21. The minimum atomic E-state index is -0.778. The first kappa shape index (κ1) is 23.1. The molecule has 0 N–H and O–H groups in total. The average Bonchev–Trinajstić information content (AvgIpc) is 2.83. The van der Waals surface area contributed by atoms with Crippen LogP contribution in [0.1, 0.15) is 30.0 Å². The average molecular weight is 459 g/mol. The van der Waals surface area contributed by atoms with E-state index < -0.39 is 12.1 Å². The zero-order valence-corrected chi connectivity index (χ0v) is 19.4. The van der Waals surface area contributed by atoms with Crippen molar-refractivity contribution >= 4 is 16.9 Å². The van der Waals surface area contributed by atoms with Crippen LogP contribution < -0.4 is 14.9 Å². The van der Waals surface area contributed by atoms with E-state index in [1.807, 2.05) is 69.3 Å². The summed E-state index contributed by atoms with van der Waals surface area (Å²) in [7, 11) is 0. The van der Waals surface area contributed by atoms with Gasteiger partial charge < -0.3 is 18.6 Å². The van der Waals surface area contributed by atoms with Crippen LogP contribution in [0, 0.1) is 13.8 Å². The number of ether oxygens (including phenoxy) is 3. The fourth-order valence-electron chi connectivity index (χ4n) is 3.64. The van der Waals surface area contributed by atoms with Gasteiger partial charge in [0.2, 0.25) is 11.2 Å². The largest absolute Gasteiger partial charge is 0.479 e. The van der Waals surface area contributed by atoms with Gasteiger partial charge in [-0.3, -0.25) is 4.79 Å². The van der Waals surface area contributed by atoms with Crippen molar-refractivity contribution in [2.75, 3.05) is 0 Å². The molecule has 0 aliphatic carbocycles. The number of benzene rings is 3. The van der Waals surface area contributed by atoms with Crippen LogP contribution in [-0.4, -0.2) is 12.1 Å². The number of esters is 1. The fourth-order valence-corrected chi connectivity index (χ4v) is 3.64. The van der Waals surface area contributed by atoms with Gasteiger partial charge in [0.1, 0.15) is 30.0 Å². The molecule has 1 heterocycles. The Morgan fingerprint density at radius 3 is 2.38 bits per heavy atom. The Hall–Kier alpha value is -4.06. The van der Waals surface area contributed by atoms with Gasteiger partial charge in [-0.1, -0.05) is 43.3 Å². The molecule has 0 bridgehead atoms. The van der Waals surface area contributed by atoms with Gasteiger partial charge in [0.05, 0.1) is 5.39 Å². The lowest BCUT2D eigenvalue weighted by atomic mass is 10.1. The molecule has 1 atom stereocenters. The SMILES string of the molecule is CC[C@H](Oc1ccc2c(=O)c(Oc3cc(C)cc(C)c3)coc2c1)C(=O)OCc1ccccc1. The van der Waals surface area contributed by atoms with Gasteiger partial charge in [-0.25, -0.2) is 4.79 Å². The number of rotatable bonds is 8. The molecule has 174 valence electrons. The summed E-state index contributed by atoms with van der Waals surface area (Å²) in [4.78, 5) is 25.4. The number of aryl methyl sites for hydroxylation is 2. The standard InChI is InChI=1S/C28H26O6/c1-4-24(28(30)32-16-20-8-6-5-7-9-20)33-21-10-11-23-25(15-21)31-17-26(27(23)29)34-22-13-18(2)12-19(3)14-22/h5-15,17,24H,4,16H2,1-3H3/t24-/m0/s1. The zero-order valence-electron chi connectivity index (χ0n) is 19.4. The van der Waals surface area contributed by atoms with Gasteiger partial charge in [-0.2, -0.15) is 0 Å². The maximum Gasteiger partial charge on any atom is 0.347 e. The second kappa shape index (κ2) is 10.3. The minimum Gasteiger partial charge on any atom is -0.479 e. The second-order valence-corrected chi connectivity index (χ2v) is 8.12. The highest BCUT2D eigenvalue weighted by atomic mass is 16.6. The van der Waals surface area contributed by atoms with Crippen LogP contribution in [0.15, 0.2) is 82.2 Å². The Morgan fingerprint density at radius 2 is 1.68 bits per heavy atom. The molecular formula is C28H26O6. The molecular weight excluding hydrogens is 432 g/mol. The highest BCUT2D eigenvalue weighted by molar-refractivity contribution is 5.79. The van der Waals surface area contributed by atoms with Crippen LogP contribution in [-0.2, 0) is 16.1 Å². The number of hydrogen-bond acceptors (Lipinski definition) is 6. The molecule has 0 aliphatic rings. The van der Waals surface area contributed by atoms with E-state index in [1.165, 1.54) is 6.26 Å². The van der Waals surface area contributed by atoms with Crippen molar-refractivity contribution in [3.05, 3.63) is 99.9 Å². The van der Waals surface area contributed by atoms with Crippen molar-refractivity contribution in [3.8, 4) is 17.2 Å². The van der Waals surface area contributed by atoms with E-state index in [0.717, 1.165) is 16.7 Å². The maximum atomic E-state index is 12.9. The summed E-state index contributed by atoms with van der Waals surface area (Å²) >= 11 is 0. The molecule has 1 aromatic heterocycles. The van der Waals surface area contributed by atoms with Gasteiger partial charge >= 0.3 is 5.97 Å². The molecule has 0 spiro atoms. The van der Waals surface area contributed by atoms with Crippen molar-refractivity contribution in [2.24, 2.45) is 0 Å². The Labute approximate surface area is 197 Å². The lowest BCUT2D eigenvalue weighted by Gasteiger charge is -2.17. The van der Waals surface area contributed by atoms with E-state index in [-0.39, 0.29) is 17.8 Å². The Balaban J connectivity index is 1.48. The van der Waals surface area contributed by atoms with Crippen LogP contribution in [0.2, 0.25) is 0 Å². The van der Waals surface area contributed by atoms with Gasteiger partial charge in [0, 0.05) is 6.07 Å². The minimum absolute atomic E-state index is 0.0992. The smallest absolute Gasteiger partial charge is 0.347 e. The molecule has 34 heavy (non-hydrogen) atoms. The third-order valence-corrected chi connectivity index (χ3v) is 5.27. The van der Waals surface area contributed by atoms with Crippen molar-refractivity contribution in [1.82, 2.24) is 0 Å². The molecule has 4 rings (SSSR count). The van der Waals surface area contributed by atoms with E-state index in [2.05, 4.69) is 0 Å². The molecule has 6 heteroatoms. The summed E-state index contributed by atoms with van der Waals surface area (Å²) in [5, 5.41) is 0.355. The van der Waals surface area contributed by atoms with Gasteiger partial charge in [-0.05, 0) is 61.2 Å². The Morgan fingerprint density at radius 1 is 0.941 bits per heavy atom. The van der Waals surface area contributed by atoms with Gasteiger partial charge in [-0.15, -0.1) is 0 Å². The van der Waals surface area contributed by atoms with E-state index in [0.29, 0.717) is 28.9 Å². The molecule has 0 saturated heterocycles. The molecule has 6 nitrogen and oxygen atoms in total. The summed E-state index contributed by atoms with van der Waals surface area (Å²) in [6.45, 7) is 5.94. The summed E-state index contributed by atoms with van der Waals surface area (Å²) in [6.07, 6.45) is 0.940. The van der Waals surface area contributed by atoms with Crippen LogP contribution in [0.3, 0.4) is 0 Å². The predicted octanol–water partition coefficient (Wildman–Crippen LogP) is 6.10. The summed E-state index contributed by atoms with van der Waals surface area (Å²) < 4.78 is 22.7.